The van der Waals surface area contributed by atoms with Crippen molar-refractivity contribution < 1.29 is 78.3 Å². The summed E-state index contributed by atoms with van der Waals surface area (Å²) in [5, 5.41) is 0. The zero-order valence-corrected chi connectivity index (χ0v) is 19.5. The van der Waals surface area contributed by atoms with Crippen LogP contribution in [0.5, 0.6) is 11.5 Å². The zero-order valence-electron chi connectivity index (χ0n) is 15.1. The molecule has 0 atom stereocenters. The number of hydrogen-bond acceptors (Lipinski definition) is 5. The summed E-state index contributed by atoms with van der Waals surface area (Å²) in [6.07, 6.45) is -8.75. The molecular weight excluding hydrogens is 521 g/mol. The van der Waals surface area contributed by atoms with Crippen LogP contribution < -0.4 is 39.0 Å². The van der Waals surface area contributed by atoms with Gasteiger partial charge in [-0.3, -0.25) is 0 Å². The molecule has 0 amide bonds. The summed E-state index contributed by atoms with van der Waals surface area (Å²) in [7, 11) is -4.56. The van der Waals surface area contributed by atoms with Crippen LogP contribution in [0.3, 0.4) is 0 Å². The van der Waals surface area contributed by atoms with E-state index in [4.69, 9.17) is 4.74 Å². The fourth-order valence-electron chi connectivity index (χ4n) is 1.68. The van der Waals surface area contributed by atoms with Crippen LogP contribution in [0.1, 0.15) is 11.1 Å². The van der Waals surface area contributed by atoms with Crippen molar-refractivity contribution in [3.8, 4) is 11.5 Å². The molecule has 162 valence electrons. The summed E-state index contributed by atoms with van der Waals surface area (Å²) >= 11 is 3.00. The van der Waals surface area contributed by atoms with Gasteiger partial charge in [-0.1, -0.05) is 0 Å². The minimum Gasteiger partial charge on any atom is -0.745 e. The van der Waals surface area contributed by atoms with E-state index >= 15 is 0 Å². The molecule has 2 rings (SSSR count). The normalized spacial score (nSPS) is 11.6. The fourth-order valence-corrected chi connectivity index (χ4v) is 2.23. The van der Waals surface area contributed by atoms with Crippen LogP contribution in [0.4, 0.5) is 26.3 Å². The molecule has 0 heterocycles. The summed E-state index contributed by atoms with van der Waals surface area (Å²) in [6, 6.07) is 7.87. The Balaban J connectivity index is 0.000000553. The van der Waals surface area contributed by atoms with Crippen molar-refractivity contribution in [2.75, 3.05) is 11.5 Å². The van der Waals surface area contributed by atoms with Gasteiger partial charge in [-0.2, -0.15) is 26.3 Å². The molecule has 14 heteroatoms. The van der Waals surface area contributed by atoms with Crippen LogP contribution in [0.15, 0.2) is 48.5 Å². The van der Waals surface area contributed by atoms with E-state index in [0.29, 0.717) is 5.75 Å². The van der Waals surface area contributed by atoms with Gasteiger partial charge in [0.25, 0.3) is 0 Å². The Kier molecular flexibility index (Phi) is 11.7. The van der Waals surface area contributed by atoms with Gasteiger partial charge in [-0.15, -0.1) is 0 Å². The van der Waals surface area contributed by atoms with Crippen LogP contribution in [0, 0.1) is 0 Å². The Morgan fingerprint density at radius 3 is 1.37 bits per heavy atom. The Bertz CT molecular complexity index is 871. The predicted molar refractivity (Wildman–Crippen MR) is 92.5 cm³/mol. The maximum atomic E-state index is 12.1. The minimum absolute atomic E-state index is 0. The van der Waals surface area contributed by atoms with Crippen molar-refractivity contribution in [2.45, 2.75) is 12.4 Å². The monoisotopic (exact) mass is 532 g/mol. The molecule has 0 spiro atoms. The summed E-state index contributed by atoms with van der Waals surface area (Å²) in [5.74, 6) is -0.824. The quantitative estimate of drug-likeness (QED) is 0.255. The van der Waals surface area contributed by atoms with Crippen LogP contribution >= 0.6 is 15.9 Å². The second-order valence-corrected chi connectivity index (χ2v) is 6.93. The summed E-state index contributed by atoms with van der Waals surface area (Å²) in [4.78, 5) is 0. The predicted octanol–water partition coefficient (Wildman–Crippen LogP) is 2.03. The van der Waals surface area contributed by atoms with Gasteiger partial charge >= 0.3 is 41.9 Å². The van der Waals surface area contributed by atoms with Crippen molar-refractivity contribution in [1.82, 2.24) is 0 Å². The van der Waals surface area contributed by atoms with Gasteiger partial charge in [-0.05, 0) is 64.5 Å². The van der Waals surface area contributed by atoms with Crippen molar-refractivity contribution in [2.24, 2.45) is 0 Å². The first-order chi connectivity index (χ1) is 13.2. The molecule has 0 bridgehead atoms. The number of rotatable bonds is 5. The molecule has 2 aromatic rings. The SMILES string of the molecule is FC(F)(F)c1ccc(OCBr)cc1.O=S(=O)([O-])COc1ccc(C(F)(F)F)cc1.[Na+]. The number of halogens is 7. The first-order valence-electron chi connectivity index (χ1n) is 7.32. The smallest absolute Gasteiger partial charge is 0.745 e. The van der Waals surface area contributed by atoms with E-state index in [2.05, 4.69) is 20.7 Å². The molecule has 2 aromatic carbocycles. The van der Waals surface area contributed by atoms with Gasteiger partial charge in [-0.25, -0.2) is 8.42 Å². The van der Waals surface area contributed by atoms with Crippen LogP contribution in [0.2, 0.25) is 0 Å². The number of ether oxygens (including phenoxy) is 2. The molecule has 0 aliphatic rings. The third-order valence-corrected chi connectivity index (χ3v) is 3.59. The molecule has 0 aliphatic heterocycles. The zero-order chi connectivity index (χ0) is 22.3. The fraction of sp³-hybridized carbons (Fsp3) is 0.250. The number of hydrogen-bond donors (Lipinski definition) is 0. The second-order valence-electron chi connectivity index (χ2n) is 5.12. The Labute approximate surface area is 198 Å². The van der Waals surface area contributed by atoms with Crippen molar-refractivity contribution in [3.63, 3.8) is 0 Å². The van der Waals surface area contributed by atoms with Crippen LogP contribution in [-0.2, 0) is 22.5 Å². The standard InChI is InChI=1S/C8H6BrF3O.C8H7F3O4S.Na/c9-5-13-7-3-1-6(2-4-7)8(10,11)12;9-8(10,11)6-1-3-7(4-2-6)15-5-16(12,13)14;/h1-4H,5H2;1-4H,5H2,(H,12,13,14);/q;;+1/p-1. The van der Waals surface area contributed by atoms with Crippen molar-refractivity contribution >= 4 is 26.0 Å². The molecule has 0 fully saturated rings. The van der Waals surface area contributed by atoms with Gasteiger partial charge in [0, 0.05) is 0 Å². The number of alkyl halides is 7. The molecular formula is C16H12BrF6NaO5S. The van der Waals surface area contributed by atoms with Crippen molar-refractivity contribution in [3.05, 3.63) is 59.7 Å². The van der Waals surface area contributed by atoms with E-state index in [9.17, 15) is 39.3 Å². The van der Waals surface area contributed by atoms with Gasteiger partial charge in [0.2, 0.25) is 0 Å². The first kappa shape index (κ1) is 29.0. The largest absolute Gasteiger partial charge is 1.00 e. The van der Waals surface area contributed by atoms with Gasteiger partial charge in [0.15, 0.2) is 5.94 Å². The Morgan fingerprint density at radius 2 is 1.10 bits per heavy atom. The molecule has 0 aliphatic carbocycles. The number of benzene rings is 2. The Morgan fingerprint density at radius 1 is 0.767 bits per heavy atom. The molecule has 0 saturated carbocycles. The van der Waals surface area contributed by atoms with Gasteiger partial charge in [0.05, 0.1) is 11.1 Å². The van der Waals surface area contributed by atoms with Gasteiger partial charge in [0.1, 0.15) is 27.1 Å². The minimum atomic E-state index is -4.56. The molecule has 0 unspecified atom stereocenters. The van der Waals surface area contributed by atoms with E-state index in [1.54, 1.807) is 0 Å². The maximum absolute atomic E-state index is 12.1. The molecule has 0 aromatic heterocycles. The van der Waals surface area contributed by atoms with E-state index in [1.165, 1.54) is 12.1 Å². The van der Waals surface area contributed by atoms with Crippen LogP contribution in [0.25, 0.3) is 0 Å². The third kappa shape index (κ3) is 11.4. The van der Waals surface area contributed by atoms with E-state index < -0.39 is 39.5 Å². The Hall–Kier alpha value is -0.990. The summed E-state index contributed by atoms with van der Waals surface area (Å²) in [5.41, 5.74) is -1.29. The topological polar surface area (TPSA) is 75.7 Å². The first-order valence-corrected chi connectivity index (χ1v) is 10.0. The van der Waals surface area contributed by atoms with E-state index in [-0.39, 0.29) is 40.8 Å². The van der Waals surface area contributed by atoms with Gasteiger partial charge < -0.3 is 14.0 Å². The second kappa shape index (κ2) is 12.2. The molecule has 0 N–H and O–H groups in total. The average molecular weight is 533 g/mol. The summed E-state index contributed by atoms with van der Waals surface area (Å²) in [6.45, 7) is 0. The van der Waals surface area contributed by atoms with E-state index in [1.807, 2.05) is 0 Å². The van der Waals surface area contributed by atoms with E-state index in [0.717, 1.165) is 36.4 Å². The maximum Gasteiger partial charge on any atom is 1.00 e. The third-order valence-electron chi connectivity index (χ3n) is 2.95. The average Bonchev–Trinajstić information content (AvgIpc) is 2.60. The van der Waals surface area contributed by atoms with Crippen molar-refractivity contribution in [1.29, 1.82) is 0 Å². The van der Waals surface area contributed by atoms with Crippen LogP contribution in [-0.4, -0.2) is 24.4 Å². The summed E-state index contributed by atoms with van der Waals surface area (Å²) < 4.78 is 112. The molecule has 0 saturated heterocycles. The molecule has 0 radical (unpaired) electrons. The molecule has 30 heavy (non-hydrogen) atoms. The molecule has 5 nitrogen and oxygen atoms in total.